The Morgan fingerprint density at radius 1 is 1.30 bits per heavy atom. The van der Waals surface area contributed by atoms with E-state index in [-0.39, 0.29) is 11.5 Å². The lowest BCUT2D eigenvalue weighted by Crippen LogP contribution is -2.58. The summed E-state index contributed by atoms with van der Waals surface area (Å²) in [6, 6.07) is 6.26. The summed E-state index contributed by atoms with van der Waals surface area (Å²) in [6.07, 6.45) is 6.06. The van der Waals surface area contributed by atoms with Gasteiger partial charge in [-0.1, -0.05) is 18.6 Å². The fourth-order valence-electron chi connectivity index (χ4n) is 4.58. The minimum Gasteiger partial charge on any atom is -0.487 e. The van der Waals surface area contributed by atoms with Crippen molar-refractivity contribution in [3.63, 3.8) is 0 Å². The van der Waals surface area contributed by atoms with E-state index in [0.29, 0.717) is 25.4 Å². The third-order valence-electron chi connectivity index (χ3n) is 6.28. The van der Waals surface area contributed by atoms with Crippen LogP contribution in [0.1, 0.15) is 57.1 Å². The zero-order valence-corrected chi connectivity index (χ0v) is 16.6. The van der Waals surface area contributed by atoms with Gasteiger partial charge in [0.05, 0.1) is 0 Å². The summed E-state index contributed by atoms with van der Waals surface area (Å²) >= 11 is 0. The number of ether oxygens (including phenoxy) is 1. The smallest absolute Gasteiger partial charge is 0.255 e. The molecule has 5 nitrogen and oxygen atoms in total. The van der Waals surface area contributed by atoms with Gasteiger partial charge >= 0.3 is 0 Å². The first kappa shape index (κ1) is 18.8. The number of rotatable bonds is 6. The standard InChI is InChI=1S/C22H32N2O3/c1-21(2)12-18-11-17(7-8-19(18)27-21)13-23-15-22(26)9-4-10-24(20(22)25)14-16-5-3-6-16/h7-8,11,16,23,26H,3-6,9-10,12-15H2,1-2H3/t22-/m1/s1. The SMILES string of the molecule is CC1(C)Cc2cc(CNC[C@]3(O)CCCN(CC4CCC4)C3=O)ccc2O1. The predicted octanol–water partition coefficient (Wildman–Crippen LogP) is 2.64. The van der Waals surface area contributed by atoms with E-state index in [2.05, 4.69) is 31.3 Å². The first-order valence-electron chi connectivity index (χ1n) is 10.4. The van der Waals surface area contributed by atoms with E-state index >= 15 is 0 Å². The van der Waals surface area contributed by atoms with Crippen LogP contribution in [0.5, 0.6) is 5.75 Å². The summed E-state index contributed by atoms with van der Waals surface area (Å²) in [7, 11) is 0. The molecule has 2 heterocycles. The highest BCUT2D eigenvalue weighted by molar-refractivity contribution is 5.86. The summed E-state index contributed by atoms with van der Waals surface area (Å²) in [5.41, 5.74) is 0.998. The first-order chi connectivity index (χ1) is 12.8. The monoisotopic (exact) mass is 372 g/mol. The second-order valence-corrected chi connectivity index (χ2v) is 9.27. The molecule has 27 heavy (non-hydrogen) atoms. The summed E-state index contributed by atoms with van der Waals surface area (Å²) in [5.74, 6) is 1.52. The molecule has 1 atom stereocenters. The Hall–Kier alpha value is -1.59. The average Bonchev–Trinajstić information content (AvgIpc) is 2.88. The molecule has 1 aromatic rings. The second-order valence-electron chi connectivity index (χ2n) is 9.27. The molecule has 2 aliphatic heterocycles. The molecule has 4 rings (SSSR count). The van der Waals surface area contributed by atoms with Crippen molar-refractivity contribution in [1.82, 2.24) is 10.2 Å². The van der Waals surface area contributed by atoms with Crippen LogP contribution in [-0.2, 0) is 17.8 Å². The van der Waals surface area contributed by atoms with E-state index in [0.717, 1.165) is 37.2 Å². The van der Waals surface area contributed by atoms with Gasteiger partial charge in [-0.05, 0) is 62.6 Å². The van der Waals surface area contributed by atoms with Gasteiger partial charge in [0.15, 0.2) is 5.60 Å². The van der Waals surface area contributed by atoms with Crippen LogP contribution in [0.2, 0.25) is 0 Å². The van der Waals surface area contributed by atoms with Crippen LogP contribution in [-0.4, -0.2) is 46.7 Å². The van der Waals surface area contributed by atoms with Gasteiger partial charge in [-0.3, -0.25) is 4.79 Å². The molecule has 0 spiro atoms. The van der Waals surface area contributed by atoms with Gasteiger partial charge < -0.3 is 20.1 Å². The molecule has 1 saturated heterocycles. The maximum Gasteiger partial charge on any atom is 0.255 e. The maximum absolute atomic E-state index is 12.8. The van der Waals surface area contributed by atoms with E-state index in [1.807, 2.05) is 11.0 Å². The number of piperidine rings is 1. The normalized spacial score (nSPS) is 27.2. The van der Waals surface area contributed by atoms with E-state index < -0.39 is 5.60 Å². The summed E-state index contributed by atoms with van der Waals surface area (Å²) in [6.45, 7) is 6.77. The van der Waals surface area contributed by atoms with Crippen molar-refractivity contribution in [2.24, 2.45) is 5.92 Å². The molecule has 1 aromatic carbocycles. The average molecular weight is 373 g/mol. The summed E-state index contributed by atoms with van der Waals surface area (Å²) in [4.78, 5) is 14.7. The highest BCUT2D eigenvalue weighted by Gasteiger charge is 2.42. The van der Waals surface area contributed by atoms with Gasteiger partial charge in [0.2, 0.25) is 0 Å². The zero-order valence-electron chi connectivity index (χ0n) is 16.6. The number of aliphatic hydroxyl groups is 1. The number of benzene rings is 1. The van der Waals surface area contributed by atoms with Crippen molar-refractivity contribution in [3.05, 3.63) is 29.3 Å². The number of likely N-dealkylation sites (tertiary alicyclic amines) is 1. The number of amides is 1. The molecule has 1 amide bonds. The van der Waals surface area contributed by atoms with Crippen molar-refractivity contribution >= 4 is 5.91 Å². The molecule has 1 saturated carbocycles. The van der Waals surface area contributed by atoms with Gasteiger partial charge in [0, 0.05) is 32.6 Å². The molecule has 1 aliphatic carbocycles. The number of carbonyl (C=O) groups is 1. The highest BCUT2D eigenvalue weighted by atomic mass is 16.5. The molecule has 0 bridgehead atoms. The fourth-order valence-corrected chi connectivity index (χ4v) is 4.58. The van der Waals surface area contributed by atoms with Crippen LogP contribution in [0.15, 0.2) is 18.2 Å². The van der Waals surface area contributed by atoms with E-state index in [9.17, 15) is 9.90 Å². The molecule has 148 valence electrons. The number of carbonyl (C=O) groups excluding carboxylic acids is 1. The Kier molecular flexibility index (Phi) is 4.93. The zero-order chi connectivity index (χ0) is 19.1. The molecule has 0 unspecified atom stereocenters. The Bertz CT molecular complexity index is 714. The number of hydrogen-bond acceptors (Lipinski definition) is 4. The van der Waals surface area contributed by atoms with Crippen molar-refractivity contribution in [2.45, 2.75) is 70.1 Å². The minimum absolute atomic E-state index is 0.0859. The Morgan fingerprint density at radius 3 is 2.85 bits per heavy atom. The Labute approximate surface area is 162 Å². The molecule has 0 aromatic heterocycles. The Balaban J connectivity index is 1.32. The van der Waals surface area contributed by atoms with Gasteiger partial charge in [0.25, 0.3) is 5.91 Å². The first-order valence-corrected chi connectivity index (χ1v) is 10.4. The third kappa shape index (κ3) is 3.99. The van der Waals surface area contributed by atoms with Crippen molar-refractivity contribution in [3.8, 4) is 5.75 Å². The number of nitrogens with zero attached hydrogens (tertiary/aromatic N) is 1. The van der Waals surface area contributed by atoms with Crippen molar-refractivity contribution in [1.29, 1.82) is 0 Å². The minimum atomic E-state index is -1.26. The van der Waals surface area contributed by atoms with Gasteiger partial charge in [-0.15, -0.1) is 0 Å². The summed E-state index contributed by atoms with van der Waals surface area (Å²) < 4.78 is 5.93. The van der Waals surface area contributed by atoms with Crippen LogP contribution in [0.4, 0.5) is 0 Å². The quantitative estimate of drug-likeness (QED) is 0.806. The van der Waals surface area contributed by atoms with Crippen LogP contribution >= 0.6 is 0 Å². The van der Waals surface area contributed by atoms with Crippen LogP contribution in [0.3, 0.4) is 0 Å². The second kappa shape index (κ2) is 7.10. The van der Waals surface area contributed by atoms with E-state index in [1.165, 1.54) is 24.8 Å². The molecular formula is C22H32N2O3. The molecule has 0 radical (unpaired) electrons. The third-order valence-corrected chi connectivity index (χ3v) is 6.28. The van der Waals surface area contributed by atoms with Crippen LogP contribution in [0, 0.1) is 5.92 Å². The molecule has 5 heteroatoms. The topological polar surface area (TPSA) is 61.8 Å². The predicted molar refractivity (Wildman–Crippen MR) is 105 cm³/mol. The van der Waals surface area contributed by atoms with Crippen LogP contribution < -0.4 is 10.1 Å². The van der Waals surface area contributed by atoms with Crippen molar-refractivity contribution < 1.29 is 14.6 Å². The van der Waals surface area contributed by atoms with E-state index in [4.69, 9.17) is 4.74 Å². The molecule has 2 N–H and O–H groups in total. The number of nitrogens with one attached hydrogen (secondary N) is 1. The van der Waals surface area contributed by atoms with Gasteiger partial charge in [-0.25, -0.2) is 0 Å². The van der Waals surface area contributed by atoms with Crippen molar-refractivity contribution in [2.75, 3.05) is 19.6 Å². The maximum atomic E-state index is 12.8. The van der Waals surface area contributed by atoms with Crippen LogP contribution in [0.25, 0.3) is 0 Å². The highest BCUT2D eigenvalue weighted by Crippen LogP contribution is 2.35. The molecule has 3 aliphatic rings. The lowest BCUT2D eigenvalue weighted by Gasteiger charge is -2.41. The lowest BCUT2D eigenvalue weighted by molar-refractivity contribution is -0.157. The van der Waals surface area contributed by atoms with E-state index in [1.54, 1.807) is 0 Å². The van der Waals surface area contributed by atoms with Gasteiger partial charge in [-0.2, -0.15) is 0 Å². The fraction of sp³-hybridized carbons (Fsp3) is 0.682. The molecule has 2 fully saturated rings. The molecular weight excluding hydrogens is 340 g/mol. The summed E-state index contributed by atoms with van der Waals surface area (Å²) in [5, 5.41) is 14.3. The van der Waals surface area contributed by atoms with Gasteiger partial charge in [0.1, 0.15) is 11.4 Å². The largest absolute Gasteiger partial charge is 0.487 e. The Morgan fingerprint density at radius 2 is 2.11 bits per heavy atom. The number of hydrogen-bond donors (Lipinski definition) is 2. The number of fused-ring (bicyclic) bond motifs is 1. The lowest BCUT2D eigenvalue weighted by atomic mass is 9.83.